The molecule has 106 valence electrons. The molecule has 1 aromatic carbocycles. The lowest BCUT2D eigenvalue weighted by Gasteiger charge is -2.16. The molecule has 1 aliphatic rings. The first-order valence-corrected chi connectivity index (χ1v) is 9.05. The molecule has 1 heterocycles. The summed E-state index contributed by atoms with van der Waals surface area (Å²) in [5.41, 5.74) is 2.08. The predicted molar refractivity (Wildman–Crippen MR) is 69.1 cm³/mol. The highest BCUT2D eigenvalue weighted by Crippen LogP contribution is 2.57. The zero-order chi connectivity index (χ0) is 14.1. The number of rotatable bonds is 5. The van der Waals surface area contributed by atoms with Gasteiger partial charge >= 0.3 is 15.2 Å². The van der Waals surface area contributed by atoms with E-state index >= 15 is 0 Å². The second-order valence-corrected chi connectivity index (χ2v) is 8.45. The fourth-order valence-corrected chi connectivity index (χ4v) is 4.75. The minimum absolute atomic E-state index is 0.199. The van der Waals surface area contributed by atoms with E-state index in [1.807, 2.05) is 0 Å². The molecule has 1 aliphatic heterocycles. The van der Waals surface area contributed by atoms with E-state index in [0.717, 1.165) is 24.8 Å². The fraction of sp³-hybridized carbons (Fsp3) is 0.400. The van der Waals surface area contributed by atoms with Gasteiger partial charge in [-0.15, -0.1) is 0 Å². The van der Waals surface area contributed by atoms with Gasteiger partial charge in [0.15, 0.2) is 5.90 Å². The molecule has 0 bridgehead atoms. The van der Waals surface area contributed by atoms with Gasteiger partial charge in [-0.25, -0.2) is 4.57 Å². The molecule has 0 radical (unpaired) electrons. The zero-order valence-electron chi connectivity index (χ0n) is 10.3. The third-order valence-corrected chi connectivity index (χ3v) is 6.63. The van der Waals surface area contributed by atoms with Crippen LogP contribution in [0.4, 0.5) is 0 Å². The van der Waals surface area contributed by atoms with Gasteiger partial charge in [-0.3, -0.25) is 4.57 Å². The molecule has 2 rings (SSSR count). The van der Waals surface area contributed by atoms with Crippen LogP contribution in [0.5, 0.6) is 5.75 Å². The molecule has 3 N–H and O–H groups in total. The van der Waals surface area contributed by atoms with Gasteiger partial charge in [0.25, 0.3) is 0 Å². The Kier molecular flexibility index (Phi) is 4.16. The van der Waals surface area contributed by atoms with E-state index in [2.05, 4.69) is 9.84 Å². The fourth-order valence-electron chi connectivity index (χ4n) is 1.81. The molecule has 0 spiro atoms. The van der Waals surface area contributed by atoms with E-state index in [4.69, 9.17) is 4.52 Å². The van der Waals surface area contributed by atoms with Crippen LogP contribution < -0.4 is 9.84 Å². The minimum Gasteiger partial charge on any atom is -0.424 e. The quantitative estimate of drug-likeness (QED) is 0.710. The van der Waals surface area contributed by atoms with Crippen LogP contribution >= 0.6 is 15.2 Å². The largest absolute Gasteiger partial charge is 0.424 e. The van der Waals surface area contributed by atoms with Gasteiger partial charge in [0, 0.05) is 20.2 Å². The van der Waals surface area contributed by atoms with E-state index in [1.54, 1.807) is 18.2 Å². The SMILES string of the molecule is COP(=O)(O)CP(=O)(O)Oc1ccc2c(c1)CNC2. The van der Waals surface area contributed by atoms with Gasteiger partial charge in [-0.05, 0) is 23.3 Å². The summed E-state index contributed by atoms with van der Waals surface area (Å²) in [4.78, 5) is 18.8. The van der Waals surface area contributed by atoms with Crippen molar-refractivity contribution in [2.45, 2.75) is 13.1 Å². The van der Waals surface area contributed by atoms with Gasteiger partial charge in [0.05, 0.1) is 0 Å². The van der Waals surface area contributed by atoms with Gasteiger partial charge in [0.1, 0.15) is 5.75 Å². The Morgan fingerprint density at radius 3 is 2.58 bits per heavy atom. The van der Waals surface area contributed by atoms with Crippen LogP contribution in [0.15, 0.2) is 18.2 Å². The van der Waals surface area contributed by atoms with Crippen molar-refractivity contribution in [2.24, 2.45) is 0 Å². The second kappa shape index (κ2) is 5.37. The van der Waals surface area contributed by atoms with Crippen LogP contribution in [-0.4, -0.2) is 22.8 Å². The number of hydrogen-bond donors (Lipinski definition) is 3. The van der Waals surface area contributed by atoms with Gasteiger partial charge in [0.2, 0.25) is 0 Å². The van der Waals surface area contributed by atoms with Crippen LogP contribution in [0.1, 0.15) is 11.1 Å². The summed E-state index contributed by atoms with van der Waals surface area (Å²) in [6.45, 7) is 1.42. The Morgan fingerprint density at radius 2 is 1.89 bits per heavy atom. The van der Waals surface area contributed by atoms with Crippen LogP contribution in [0, 0.1) is 0 Å². The van der Waals surface area contributed by atoms with Crippen molar-refractivity contribution in [3.8, 4) is 5.75 Å². The van der Waals surface area contributed by atoms with Crippen LogP contribution in [0.25, 0.3) is 0 Å². The lowest BCUT2D eigenvalue weighted by molar-refractivity contribution is 0.314. The molecule has 0 amide bonds. The van der Waals surface area contributed by atoms with Crippen molar-refractivity contribution < 1.29 is 28.0 Å². The molecule has 0 saturated heterocycles. The first-order chi connectivity index (χ1) is 8.81. The third kappa shape index (κ3) is 3.89. The molecular weight excluding hydrogens is 292 g/mol. The van der Waals surface area contributed by atoms with Crippen molar-refractivity contribution in [3.63, 3.8) is 0 Å². The molecule has 0 fully saturated rings. The molecule has 2 unspecified atom stereocenters. The summed E-state index contributed by atoms with van der Waals surface area (Å²) in [5.74, 6) is -0.740. The molecule has 0 saturated carbocycles. The highest BCUT2D eigenvalue weighted by molar-refractivity contribution is 7.70. The molecule has 0 aliphatic carbocycles. The maximum absolute atomic E-state index is 11.8. The van der Waals surface area contributed by atoms with Crippen molar-refractivity contribution in [1.29, 1.82) is 0 Å². The summed E-state index contributed by atoms with van der Waals surface area (Å²) >= 11 is 0. The van der Waals surface area contributed by atoms with Gasteiger partial charge in [-0.1, -0.05) is 6.07 Å². The Bertz CT molecular complexity index is 575. The van der Waals surface area contributed by atoms with E-state index in [1.165, 1.54) is 0 Å². The zero-order valence-corrected chi connectivity index (χ0v) is 12.1. The summed E-state index contributed by atoms with van der Waals surface area (Å²) < 4.78 is 32.3. The van der Waals surface area contributed by atoms with Crippen LogP contribution in [-0.2, 0) is 26.7 Å². The van der Waals surface area contributed by atoms with Crippen molar-refractivity contribution in [3.05, 3.63) is 29.3 Å². The molecule has 2 atom stereocenters. The van der Waals surface area contributed by atoms with E-state index in [-0.39, 0.29) is 5.75 Å². The van der Waals surface area contributed by atoms with E-state index < -0.39 is 21.1 Å². The number of hydrogen-bond acceptors (Lipinski definition) is 5. The van der Waals surface area contributed by atoms with E-state index in [9.17, 15) is 18.9 Å². The average Bonchev–Trinajstić information content (AvgIpc) is 2.74. The van der Waals surface area contributed by atoms with Gasteiger partial charge < -0.3 is 24.2 Å². The normalized spacial score (nSPS) is 20.4. The van der Waals surface area contributed by atoms with Gasteiger partial charge in [-0.2, -0.15) is 0 Å². The summed E-state index contributed by atoms with van der Waals surface area (Å²) in [6, 6.07) is 5.00. The highest BCUT2D eigenvalue weighted by Gasteiger charge is 2.34. The molecule has 1 aromatic rings. The number of fused-ring (bicyclic) bond motifs is 1. The minimum atomic E-state index is -4.24. The average molecular weight is 307 g/mol. The maximum atomic E-state index is 11.8. The monoisotopic (exact) mass is 307 g/mol. The maximum Gasteiger partial charge on any atom is 0.388 e. The van der Waals surface area contributed by atoms with E-state index in [0.29, 0.717) is 6.54 Å². The topological polar surface area (TPSA) is 105 Å². The molecule has 9 heteroatoms. The Labute approximate surface area is 110 Å². The highest BCUT2D eigenvalue weighted by atomic mass is 31.2. The van der Waals surface area contributed by atoms with Crippen LogP contribution in [0.2, 0.25) is 0 Å². The second-order valence-electron chi connectivity index (χ2n) is 4.22. The Hall–Kier alpha value is -0.680. The predicted octanol–water partition coefficient (Wildman–Crippen LogP) is 1.64. The first kappa shape index (κ1) is 14.7. The summed E-state index contributed by atoms with van der Waals surface area (Å²) in [6.07, 6.45) is 0. The molecule has 7 nitrogen and oxygen atoms in total. The van der Waals surface area contributed by atoms with Crippen molar-refractivity contribution in [2.75, 3.05) is 13.0 Å². The molecular formula is C10H15NO6P2. The standard InChI is InChI=1S/C10H15NO6P2/c1-16-18(12,13)7-19(14,15)17-10-3-2-8-5-11-6-9(8)4-10/h2-4,11H,5-7H2,1H3,(H,12,13)(H,14,15). The molecule has 19 heavy (non-hydrogen) atoms. The third-order valence-electron chi connectivity index (χ3n) is 2.70. The smallest absolute Gasteiger partial charge is 0.388 e. The number of benzene rings is 1. The first-order valence-electron chi connectivity index (χ1n) is 5.53. The lowest BCUT2D eigenvalue weighted by atomic mass is 10.1. The van der Waals surface area contributed by atoms with Crippen molar-refractivity contribution in [1.82, 2.24) is 5.32 Å². The summed E-state index contributed by atoms with van der Waals surface area (Å²) in [7, 11) is -7.33. The molecule has 0 aromatic heterocycles. The Morgan fingerprint density at radius 1 is 1.21 bits per heavy atom. The van der Waals surface area contributed by atoms with Crippen molar-refractivity contribution >= 4 is 15.2 Å². The van der Waals surface area contributed by atoms with Crippen LogP contribution in [0.3, 0.4) is 0 Å². The number of nitrogens with one attached hydrogen (secondary N) is 1. The Balaban J connectivity index is 2.12. The summed E-state index contributed by atoms with van der Waals surface area (Å²) in [5, 5.41) is 3.13. The lowest BCUT2D eigenvalue weighted by Crippen LogP contribution is -2.00.